The molecule has 138 valence electrons. The van der Waals surface area contributed by atoms with Crippen LogP contribution < -0.4 is 5.32 Å². The van der Waals surface area contributed by atoms with Crippen molar-refractivity contribution in [2.45, 2.75) is 6.42 Å². The second kappa shape index (κ2) is 7.55. The Hall–Kier alpha value is -2.63. The van der Waals surface area contributed by atoms with Gasteiger partial charge in [-0.05, 0) is 51.3 Å². The molecule has 5 nitrogen and oxygen atoms in total. The number of nitrogens with zero attached hydrogens (tertiary/aromatic N) is 3. The highest BCUT2D eigenvalue weighted by Gasteiger charge is 2.15. The van der Waals surface area contributed by atoms with Crippen LogP contribution in [0.25, 0.3) is 33.5 Å². The molecule has 0 spiro atoms. The number of halogens is 1. The van der Waals surface area contributed by atoms with E-state index in [1.807, 2.05) is 48.5 Å². The van der Waals surface area contributed by atoms with Crippen LogP contribution >= 0.6 is 11.6 Å². The molecule has 1 N–H and O–H groups in total. The van der Waals surface area contributed by atoms with Crippen LogP contribution in [0.2, 0.25) is 5.02 Å². The standard InChI is InChI=1S/C21H21ClN4O/c1-26(2)12-6-11-23-21-19-15(22)8-5-9-16(19)24-20(25-21)18-13-14-7-3-4-10-17(14)27-18/h3-5,7-10,13H,6,11-12H2,1-2H3,(H,23,24,25). The number of aromatic nitrogens is 2. The Bertz CT molecular complexity index is 1060. The Morgan fingerprint density at radius 3 is 2.74 bits per heavy atom. The molecular weight excluding hydrogens is 360 g/mol. The van der Waals surface area contributed by atoms with Crippen molar-refractivity contribution in [2.75, 3.05) is 32.5 Å². The van der Waals surface area contributed by atoms with E-state index in [-0.39, 0.29) is 0 Å². The largest absolute Gasteiger partial charge is 0.453 e. The van der Waals surface area contributed by atoms with Crippen LogP contribution in [0.15, 0.2) is 52.9 Å². The first kappa shape index (κ1) is 17.8. The molecule has 6 heteroatoms. The number of benzene rings is 2. The van der Waals surface area contributed by atoms with Gasteiger partial charge >= 0.3 is 0 Å². The van der Waals surface area contributed by atoms with E-state index in [0.29, 0.717) is 16.6 Å². The van der Waals surface area contributed by atoms with Crippen LogP contribution in [0.5, 0.6) is 0 Å². The fraction of sp³-hybridized carbons (Fsp3) is 0.238. The van der Waals surface area contributed by atoms with Crippen molar-refractivity contribution in [1.82, 2.24) is 14.9 Å². The zero-order valence-corrected chi connectivity index (χ0v) is 16.1. The minimum Gasteiger partial charge on any atom is -0.453 e. The highest BCUT2D eigenvalue weighted by atomic mass is 35.5. The molecule has 0 unspecified atom stereocenters. The van der Waals surface area contributed by atoms with Gasteiger partial charge in [0, 0.05) is 11.9 Å². The molecule has 4 aromatic rings. The number of anilines is 1. The molecule has 0 aliphatic rings. The molecular formula is C21H21ClN4O. The van der Waals surface area contributed by atoms with Gasteiger partial charge in [0.2, 0.25) is 0 Å². The zero-order chi connectivity index (χ0) is 18.8. The van der Waals surface area contributed by atoms with Crippen LogP contribution in [0.1, 0.15) is 6.42 Å². The van der Waals surface area contributed by atoms with Gasteiger partial charge in [-0.2, -0.15) is 0 Å². The lowest BCUT2D eigenvalue weighted by Crippen LogP contribution is -2.17. The number of para-hydroxylation sites is 1. The molecule has 0 aliphatic heterocycles. The molecule has 0 radical (unpaired) electrons. The van der Waals surface area contributed by atoms with E-state index in [4.69, 9.17) is 21.0 Å². The van der Waals surface area contributed by atoms with Gasteiger partial charge in [0.15, 0.2) is 11.6 Å². The smallest absolute Gasteiger partial charge is 0.198 e. The lowest BCUT2D eigenvalue weighted by atomic mass is 10.2. The third-order valence-electron chi connectivity index (χ3n) is 4.39. The summed E-state index contributed by atoms with van der Waals surface area (Å²) in [5, 5.41) is 5.93. The fourth-order valence-electron chi connectivity index (χ4n) is 3.07. The predicted molar refractivity (Wildman–Crippen MR) is 111 cm³/mol. The highest BCUT2D eigenvalue weighted by molar-refractivity contribution is 6.36. The van der Waals surface area contributed by atoms with Gasteiger partial charge in [-0.15, -0.1) is 0 Å². The van der Waals surface area contributed by atoms with Gasteiger partial charge in [0.05, 0.1) is 15.9 Å². The minimum absolute atomic E-state index is 0.552. The summed E-state index contributed by atoms with van der Waals surface area (Å²) in [6, 6.07) is 15.6. The SMILES string of the molecule is CN(C)CCCNc1nc(-c2cc3ccccc3o2)nc2cccc(Cl)c12. The summed E-state index contributed by atoms with van der Waals surface area (Å²) in [6.07, 6.45) is 1.00. The van der Waals surface area contributed by atoms with Gasteiger partial charge < -0.3 is 14.6 Å². The number of fused-ring (bicyclic) bond motifs is 2. The van der Waals surface area contributed by atoms with Crippen LogP contribution in [0.3, 0.4) is 0 Å². The summed E-state index contributed by atoms with van der Waals surface area (Å²) in [7, 11) is 4.13. The summed E-state index contributed by atoms with van der Waals surface area (Å²) in [6.45, 7) is 1.80. The lowest BCUT2D eigenvalue weighted by molar-refractivity contribution is 0.405. The van der Waals surface area contributed by atoms with Crippen molar-refractivity contribution < 1.29 is 4.42 Å². The Kier molecular flexibility index (Phi) is 4.97. The van der Waals surface area contributed by atoms with Crippen molar-refractivity contribution in [1.29, 1.82) is 0 Å². The third-order valence-corrected chi connectivity index (χ3v) is 4.71. The first-order valence-corrected chi connectivity index (χ1v) is 9.33. The van der Waals surface area contributed by atoms with E-state index in [2.05, 4.69) is 29.3 Å². The van der Waals surface area contributed by atoms with Gasteiger partial charge in [-0.3, -0.25) is 0 Å². The van der Waals surface area contributed by atoms with Crippen molar-refractivity contribution in [2.24, 2.45) is 0 Å². The first-order valence-electron chi connectivity index (χ1n) is 8.95. The molecule has 0 atom stereocenters. The summed E-state index contributed by atoms with van der Waals surface area (Å²) in [5.74, 6) is 1.94. The quantitative estimate of drug-likeness (QED) is 0.474. The molecule has 0 aliphatic carbocycles. The summed E-state index contributed by atoms with van der Waals surface area (Å²) in [5.41, 5.74) is 1.62. The Labute approximate surface area is 163 Å². The molecule has 0 bridgehead atoms. The van der Waals surface area contributed by atoms with E-state index >= 15 is 0 Å². The number of furan rings is 1. The Balaban J connectivity index is 1.75. The van der Waals surface area contributed by atoms with Gasteiger partial charge in [0.1, 0.15) is 11.4 Å². The van der Waals surface area contributed by atoms with Crippen molar-refractivity contribution >= 4 is 39.3 Å². The van der Waals surface area contributed by atoms with E-state index < -0.39 is 0 Å². The molecule has 4 rings (SSSR count). The second-order valence-electron chi connectivity index (χ2n) is 6.76. The van der Waals surface area contributed by atoms with Crippen molar-refractivity contribution in [3.63, 3.8) is 0 Å². The number of hydrogen-bond donors (Lipinski definition) is 1. The maximum absolute atomic E-state index is 6.44. The van der Waals surface area contributed by atoms with Gasteiger partial charge in [-0.25, -0.2) is 9.97 Å². The van der Waals surface area contributed by atoms with E-state index in [0.717, 1.165) is 47.2 Å². The first-order chi connectivity index (χ1) is 13.1. The molecule has 2 aromatic carbocycles. The van der Waals surface area contributed by atoms with E-state index in [9.17, 15) is 0 Å². The van der Waals surface area contributed by atoms with Crippen LogP contribution in [-0.2, 0) is 0 Å². The molecule has 0 saturated heterocycles. The van der Waals surface area contributed by atoms with Crippen molar-refractivity contribution in [3.8, 4) is 11.6 Å². The second-order valence-corrected chi connectivity index (χ2v) is 7.17. The molecule has 2 aromatic heterocycles. The maximum Gasteiger partial charge on any atom is 0.198 e. The van der Waals surface area contributed by atoms with Crippen LogP contribution in [0.4, 0.5) is 5.82 Å². The summed E-state index contributed by atoms with van der Waals surface area (Å²) < 4.78 is 5.95. The molecule has 27 heavy (non-hydrogen) atoms. The number of nitrogens with one attached hydrogen (secondary N) is 1. The monoisotopic (exact) mass is 380 g/mol. The summed E-state index contributed by atoms with van der Waals surface area (Å²) in [4.78, 5) is 11.6. The predicted octanol–water partition coefficient (Wildman–Crippen LogP) is 5.06. The topological polar surface area (TPSA) is 54.2 Å². The van der Waals surface area contributed by atoms with Crippen molar-refractivity contribution in [3.05, 3.63) is 53.6 Å². The average molecular weight is 381 g/mol. The van der Waals surface area contributed by atoms with E-state index in [1.165, 1.54) is 0 Å². The Morgan fingerprint density at radius 1 is 1.07 bits per heavy atom. The third kappa shape index (κ3) is 3.75. The molecule has 0 saturated carbocycles. The average Bonchev–Trinajstić information content (AvgIpc) is 3.09. The highest BCUT2D eigenvalue weighted by Crippen LogP contribution is 2.32. The number of rotatable bonds is 6. The van der Waals surface area contributed by atoms with Gasteiger partial charge in [0.25, 0.3) is 0 Å². The normalized spacial score (nSPS) is 11.6. The molecule has 2 heterocycles. The lowest BCUT2D eigenvalue weighted by Gasteiger charge is -2.13. The molecule has 0 amide bonds. The molecule has 0 fully saturated rings. The summed E-state index contributed by atoms with van der Waals surface area (Å²) >= 11 is 6.44. The maximum atomic E-state index is 6.44. The van der Waals surface area contributed by atoms with Crippen LogP contribution in [-0.4, -0.2) is 42.1 Å². The minimum atomic E-state index is 0.552. The zero-order valence-electron chi connectivity index (χ0n) is 15.4. The fourth-order valence-corrected chi connectivity index (χ4v) is 3.33. The van der Waals surface area contributed by atoms with Gasteiger partial charge in [-0.1, -0.05) is 35.9 Å². The van der Waals surface area contributed by atoms with Crippen LogP contribution in [0, 0.1) is 0 Å². The van der Waals surface area contributed by atoms with E-state index in [1.54, 1.807) is 0 Å². The number of hydrogen-bond acceptors (Lipinski definition) is 5. The Morgan fingerprint density at radius 2 is 1.93 bits per heavy atom.